The van der Waals surface area contributed by atoms with E-state index in [2.05, 4.69) is 0 Å². The van der Waals surface area contributed by atoms with Gasteiger partial charge in [0.25, 0.3) is 0 Å². The molecular formula is C6H11NO3. The zero-order valence-corrected chi connectivity index (χ0v) is 5.62. The quantitative estimate of drug-likeness (QED) is 0.546. The van der Waals surface area contributed by atoms with E-state index in [1.54, 1.807) is 0 Å². The van der Waals surface area contributed by atoms with E-state index in [1.807, 2.05) is 0 Å². The summed E-state index contributed by atoms with van der Waals surface area (Å²) in [6.45, 7) is 1.01. The summed E-state index contributed by atoms with van der Waals surface area (Å²) in [4.78, 5) is 10.3. The average Bonchev–Trinajstić information content (AvgIpc) is 2.34. The van der Waals surface area contributed by atoms with Crippen molar-refractivity contribution in [2.24, 2.45) is 11.7 Å². The smallest absolute Gasteiger partial charge is 0.332 e. The Balaban J connectivity index is 2.35. The molecule has 1 rings (SSSR count). The van der Waals surface area contributed by atoms with E-state index < -0.39 is 12.1 Å². The van der Waals surface area contributed by atoms with Crippen molar-refractivity contribution in [3.8, 4) is 0 Å². The average molecular weight is 145 g/mol. The number of hydrogen-bond acceptors (Lipinski definition) is 3. The summed E-state index contributed by atoms with van der Waals surface area (Å²) in [6, 6.07) is 0. The van der Waals surface area contributed by atoms with Gasteiger partial charge >= 0.3 is 5.97 Å². The summed E-state index contributed by atoms with van der Waals surface area (Å²) in [6.07, 6.45) is -0.0557. The SMILES string of the molecule is NCC1COC(C(=O)O)C1. The Morgan fingerprint density at radius 1 is 1.80 bits per heavy atom. The highest BCUT2D eigenvalue weighted by Gasteiger charge is 2.29. The molecule has 0 saturated carbocycles. The number of carboxylic acid groups (broad SMARTS) is 1. The lowest BCUT2D eigenvalue weighted by Crippen LogP contribution is -2.19. The minimum absolute atomic E-state index is 0.237. The van der Waals surface area contributed by atoms with E-state index in [4.69, 9.17) is 15.6 Å². The van der Waals surface area contributed by atoms with E-state index in [1.165, 1.54) is 0 Å². The lowest BCUT2D eigenvalue weighted by Gasteiger charge is -2.00. The third-order valence-electron chi connectivity index (χ3n) is 1.69. The van der Waals surface area contributed by atoms with Gasteiger partial charge in [-0.05, 0) is 18.9 Å². The molecule has 3 N–H and O–H groups in total. The van der Waals surface area contributed by atoms with Crippen molar-refractivity contribution in [2.75, 3.05) is 13.2 Å². The summed E-state index contributed by atoms with van der Waals surface area (Å²) < 4.78 is 4.94. The van der Waals surface area contributed by atoms with Gasteiger partial charge in [-0.2, -0.15) is 0 Å². The van der Waals surface area contributed by atoms with E-state index in [0.717, 1.165) is 0 Å². The van der Waals surface area contributed by atoms with Crippen LogP contribution >= 0.6 is 0 Å². The Hall–Kier alpha value is -0.610. The number of hydrogen-bond donors (Lipinski definition) is 2. The zero-order valence-electron chi connectivity index (χ0n) is 5.62. The second-order valence-corrected chi connectivity index (χ2v) is 2.50. The first-order valence-electron chi connectivity index (χ1n) is 3.28. The van der Waals surface area contributed by atoms with Crippen LogP contribution in [0.25, 0.3) is 0 Å². The molecule has 1 aliphatic rings. The Morgan fingerprint density at radius 2 is 2.50 bits per heavy atom. The van der Waals surface area contributed by atoms with Gasteiger partial charge in [-0.3, -0.25) is 0 Å². The standard InChI is InChI=1S/C6H11NO3/c7-2-4-1-5(6(8)9)10-3-4/h4-5H,1-3,7H2,(H,8,9). The molecule has 0 aliphatic carbocycles. The zero-order chi connectivity index (χ0) is 7.56. The maximum atomic E-state index is 10.3. The highest BCUT2D eigenvalue weighted by atomic mass is 16.5. The predicted octanol–water partition coefficient (Wildman–Crippen LogP) is -0.565. The molecule has 0 radical (unpaired) electrons. The Morgan fingerprint density at radius 3 is 2.80 bits per heavy atom. The molecule has 0 amide bonds. The van der Waals surface area contributed by atoms with Gasteiger partial charge in [0.05, 0.1) is 6.61 Å². The molecule has 0 aromatic rings. The Bertz CT molecular complexity index is 137. The summed E-state index contributed by atoms with van der Waals surface area (Å²) in [7, 11) is 0. The molecule has 2 atom stereocenters. The van der Waals surface area contributed by atoms with Crippen LogP contribution in [0.15, 0.2) is 0 Å². The minimum atomic E-state index is -0.879. The number of carbonyl (C=O) groups is 1. The van der Waals surface area contributed by atoms with Crippen LogP contribution in [0.3, 0.4) is 0 Å². The van der Waals surface area contributed by atoms with Gasteiger partial charge in [-0.25, -0.2) is 4.79 Å². The highest BCUT2D eigenvalue weighted by Crippen LogP contribution is 2.17. The molecule has 2 unspecified atom stereocenters. The number of aliphatic carboxylic acids is 1. The van der Waals surface area contributed by atoms with E-state index in [-0.39, 0.29) is 5.92 Å². The molecule has 58 valence electrons. The number of carboxylic acids is 1. The van der Waals surface area contributed by atoms with Crippen molar-refractivity contribution >= 4 is 5.97 Å². The van der Waals surface area contributed by atoms with Crippen LogP contribution in [-0.4, -0.2) is 30.3 Å². The molecule has 1 fully saturated rings. The second kappa shape index (κ2) is 2.98. The van der Waals surface area contributed by atoms with Gasteiger partial charge < -0.3 is 15.6 Å². The van der Waals surface area contributed by atoms with Gasteiger partial charge in [-0.1, -0.05) is 0 Å². The molecule has 1 heterocycles. The Kier molecular flexibility index (Phi) is 2.24. The predicted molar refractivity (Wildman–Crippen MR) is 34.5 cm³/mol. The molecule has 10 heavy (non-hydrogen) atoms. The Labute approximate surface area is 59.0 Å². The summed E-state index contributed by atoms with van der Waals surface area (Å²) in [5.74, 6) is -0.642. The second-order valence-electron chi connectivity index (χ2n) is 2.50. The van der Waals surface area contributed by atoms with Crippen molar-refractivity contribution in [3.05, 3.63) is 0 Å². The molecule has 0 aromatic carbocycles. The maximum absolute atomic E-state index is 10.3. The first-order valence-corrected chi connectivity index (χ1v) is 3.28. The van der Waals surface area contributed by atoms with Gasteiger partial charge in [0.15, 0.2) is 6.10 Å². The van der Waals surface area contributed by atoms with E-state index in [9.17, 15) is 4.79 Å². The molecule has 4 nitrogen and oxygen atoms in total. The molecule has 1 aliphatic heterocycles. The topological polar surface area (TPSA) is 72.5 Å². The molecule has 0 bridgehead atoms. The highest BCUT2D eigenvalue weighted by molar-refractivity contribution is 5.72. The molecule has 0 spiro atoms. The fourth-order valence-electron chi connectivity index (χ4n) is 1.03. The van der Waals surface area contributed by atoms with Crippen LogP contribution in [0, 0.1) is 5.92 Å². The lowest BCUT2D eigenvalue weighted by molar-refractivity contribution is -0.147. The molecule has 1 saturated heterocycles. The van der Waals surface area contributed by atoms with Crippen LogP contribution in [-0.2, 0) is 9.53 Å². The summed E-state index contributed by atoms with van der Waals surface area (Å²) >= 11 is 0. The van der Waals surface area contributed by atoms with Crippen molar-refractivity contribution in [1.82, 2.24) is 0 Å². The third kappa shape index (κ3) is 1.46. The minimum Gasteiger partial charge on any atom is -0.479 e. The summed E-state index contributed by atoms with van der Waals surface area (Å²) in [5, 5.41) is 8.46. The van der Waals surface area contributed by atoms with E-state index >= 15 is 0 Å². The maximum Gasteiger partial charge on any atom is 0.332 e. The fourth-order valence-corrected chi connectivity index (χ4v) is 1.03. The van der Waals surface area contributed by atoms with Crippen molar-refractivity contribution < 1.29 is 14.6 Å². The van der Waals surface area contributed by atoms with Crippen LogP contribution in [0.2, 0.25) is 0 Å². The number of rotatable bonds is 2. The van der Waals surface area contributed by atoms with Gasteiger partial charge in [-0.15, -0.1) is 0 Å². The van der Waals surface area contributed by atoms with Crippen LogP contribution in [0.1, 0.15) is 6.42 Å². The van der Waals surface area contributed by atoms with Crippen LogP contribution in [0.5, 0.6) is 0 Å². The molecular weight excluding hydrogens is 134 g/mol. The molecule has 4 heteroatoms. The lowest BCUT2D eigenvalue weighted by atomic mass is 10.1. The van der Waals surface area contributed by atoms with Crippen LogP contribution < -0.4 is 5.73 Å². The van der Waals surface area contributed by atoms with Crippen molar-refractivity contribution in [2.45, 2.75) is 12.5 Å². The van der Waals surface area contributed by atoms with Gasteiger partial charge in [0, 0.05) is 0 Å². The number of nitrogens with two attached hydrogens (primary N) is 1. The fraction of sp³-hybridized carbons (Fsp3) is 0.833. The summed E-state index contributed by atoms with van der Waals surface area (Å²) in [5.41, 5.74) is 5.32. The van der Waals surface area contributed by atoms with Crippen molar-refractivity contribution in [3.63, 3.8) is 0 Å². The third-order valence-corrected chi connectivity index (χ3v) is 1.69. The van der Waals surface area contributed by atoms with Crippen molar-refractivity contribution in [1.29, 1.82) is 0 Å². The van der Waals surface area contributed by atoms with Gasteiger partial charge in [0.2, 0.25) is 0 Å². The monoisotopic (exact) mass is 145 g/mol. The number of ether oxygens (including phenoxy) is 1. The van der Waals surface area contributed by atoms with E-state index in [0.29, 0.717) is 19.6 Å². The largest absolute Gasteiger partial charge is 0.479 e. The first kappa shape index (κ1) is 7.50. The molecule has 0 aromatic heterocycles. The first-order chi connectivity index (χ1) is 4.74. The van der Waals surface area contributed by atoms with Crippen LogP contribution in [0.4, 0.5) is 0 Å². The normalized spacial score (nSPS) is 32.5. The van der Waals surface area contributed by atoms with Gasteiger partial charge in [0.1, 0.15) is 0 Å².